The second kappa shape index (κ2) is 6.39. The number of rotatable bonds is 5. The molecule has 0 aromatic carbocycles. The van der Waals surface area contributed by atoms with Gasteiger partial charge in [-0.2, -0.15) is 4.98 Å². The van der Waals surface area contributed by atoms with E-state index >= 15 is 0 Å². The first-order valence-electron chi connectivity index (χ1n) is 7.54. The second-order valence-electron chi connectivity index (χ2n) is 5.90. The van der Waals surface area contributed by atoms with Crippen LogP contribution in [-0.4, -0.2) is 34.3 Å². The number of aromatic nitrogens is 2. The molecule has 20 heavy (non-hydrogen) atoms. The van der Waals surface area contributed by atoms with Crippen molar-refractivity contribution in [2.75, 3.05) is 24.2 Å². The molecule has 112 valence electrons. The molecular weight excluding hydrogens is 252 g/mol. The molecule has 0 radical (unpaired) electrons. The van der Waals surface area contributed by atoms with Gasteiger partial charge in [0.05, 0.1) is 5.60 Å². The standard InChI is InChI=1S/C15H26N4O/c1-4-12-5-7-15(20,8-6-12)10-18-13-11(2)9-17-14(16-3)19-13/h9,12,20H,4-8,10H2,1-3H3,(H2,16,17,18,19). The van der Waals surface area contributed by atoms with Gasteiger partial charge in [0.25, 0.3) is 0 Å². The van der Waals surface area contributed by atoms with Crippen molar-refractivity contribution in [1.29, 1.82) is 0 Å². The van der Waals surface area contributed by atoms with Crippen LogP contribution in [0.3, 0.4) is 0 Å². The van der Waals surface area contributed by atoms with Gasteiger partial charge in [-0.1, -0.05) is 13.3 Å². The molecule has 1 fully saturated rings. The summed E-state index contributed by atoms with van der Waals surface area (Å²) in [6.07, 6.45) is 7.01. The highest BCUT2D eigenvalue weighted by Crippen LogP contribution is 2.33. The van der Waals surface area contributed by atoms with E-state index < -0.39 is 5.60 Å². The average Bonchev–Trinajstić information content (AvgIpc) is 2.47. The molecule has 2 rings (SSSR count). The van der Waals surface area contributed by atoms with E-state index in [9.17, 15) is 5.11 Å². The number of aliphatic hydroxyl groups is 1. The molecule has 5 heteroatoms. The lowest BCUT2D eigenvalue weighted by Gasteiger charge is -2.36. The van der Waals surface area contributed by atoms with E-state index in [2.05, 4.69) is 27.5 Å². The third kappa shape index (κ3) is 3.60. The van der Waals surface area contributed by atoms with E-state index in [1.807, 2.05) is 6.92 Å². The number of nitrogens with zero attached hydrogens (tertiary/aromatic N) is 2. The van der Waals surface area contributed by atoms with E-state index in [4.69, 9.17) is 0 Å². The number of nitrogens with one attached hydrogen (secondary N) is 2. The fourth-order valence-corrected chi connectivity index (χ4v) is 2.79. The van der Waals surface area contributed by atoms with Crippen LogP contribution in [-0.2, 0) is 0 Å². The normalized spacial score (nSPS) is 26.3. The van der Waals surface area contributed by atoms with Crippen LogP contribution in [0.5, 0.6) is 0 Å². The third-order valence-corrected chi connectivity index (χ3v) is 4.39. The monoisotopic (exact) mass is 278 g/mol. The van der Waals surface area contributed by atoms with Gasteiger partial charge in [0.2, 0.25) is 5.95 Å². The van der Waals surface area contributed by atoms with E-state index in [0.29, 0.717) is 12.5 Å². The predicted molar refractivity (Wildman–Crippen MR) is 82.0 cm³/mol. The minimum atomic E-state index is -0.594. The molecule has 0 bridgehead atoms. The summed E-state index contributed by atoms with van der Waals surface area (Å²) in [7, 11) is 1.80. The van der Waals surface area contributed by atoms with E-state index in [1.54, 1.807) is 13.2 Å². The Bertz CT molecular complexity index is 441. The van der Waals surface area contributed by atoms with E-state index in [-0.39, 0.29) is 0 Å². The minimum absolute atomic E-state index is 0.560. The summed E-state index contributed by atoms with van der Waals surface area (Å²) in [4.78, 5) is 8.56. The molecule has 0 amide bonds. The Morgan fingerprint density at radius 2 is 2.10 bits per heavy atom. The highest BCUT2D eigenvalue weighted by atomic mass is 16.3. The van der Waals surface area contributed by atoms with E-state index in [1.165, 1.54) is 6.42 Å². The van der Waals surface area contributed by atoms with Crippen molar-refractivity contribution < 1.29 is 5.11 Å². The largest absolute Gasteiger partial charge is 0.388 e. The van der Waals surface area contributed by atoms with Crippen LogP contribution in [0.4, 0.5) is 11.8 Å². The maximum Gasteiger partial charge on any atom is 0.224 e. The molecule has 0 saturated heterocycles. The molecule has 0 unspecified atom stereocenters. The summed E-state index contributed by atoms with van der Waals surface area (Å²) in [6.45, 7) is 4.76. The van der Waals surface area contributed by atoms with Crippen LogP contribution in [0.2, 0.25) is 0 Å². The van der Waals surface area contributed by atoms with Gasteiger partial charge in [-0.05, 0) is 38.5 Å². The fourth-order valence-electron chi connectivity index (χ4n) is 2.79. The van der Waals surface area contributed by atoms with Crippen molar-refractivity contribution in [2.24, 2.45) is 5.92 Å². The molecule has 0 aliphatic heterocycles. The number of hydrogen-bond acceptors (Lipinski definition) is 5. The van der Waals surface area contributed by atoms with Crippen molar-refractivity contribution in [3.05, 3.63) is 11.8 Å². The average molecular weight is 278 g/mol. The van der Waals surface area contributed by atoms with Gasteiger partial charge in [-0.15, -0.1) is 0 Å². The van der Waals surface area contributed by atoms with Crippen molar-refractivity contribution in [2.45, 2.75) is 51.6 Å². The Morgan fingerprint density at radius 3 is 2.70 bits per heavy atom. The highest BCUT2D eigenvalue weighted by Gasteiger charge is 2.32. The fraction of sp³-hybridized carbons (Fsp3) is 0.733. The number of hydrogen-bond donors (Lipinski definition) is 3. The van der Waals surface area contributed by atoms with Gasteiger partial charge in [-0.3, -0.25) is 0 Å². The lowest BCUT2D eigenvalue weighted by molar-refractivity contribution is 0.00222. The first-order chi connectivity index (χ1) is 9.56. The van der Waals surface area contributed by atoms with Crippen LogP contribution in [0.1, 0.15) is 44.6 Å². The Hall–Kier alpha value is -1.36. The molecule has 0 atom stereocenters. The van der Waals surface area contributed by atoms with Gasteiger partial charge in [0.15, 0.2) is 0 Å². The zero-order valence-electron chi connectivity index (χ0n) is 12.7. The smallest absolute Gasteiger partial charge is 0.224 e. The molecular formula is C15H26N4O. The summed E-state index contributed by atoms with van der Waals surface area (Å²) in [5.41, 5.74) is 0.401. The Balaban J connectivity index is 1.95. The maximum absolute atomic E-state index is 10.6. The van der Waals surface area contributed by atoms with Crippen LogP contribution < -0.4 is 10.6 Å². The summed E-state index contributed by atoms with van der Waals surface area (Å²) >= 11 is 0. The van der Waals surface area contributed by atoms with Gasteiger partial charge < -0.3 is 15.7 Å². The molecule has 1 aromatic heterocycles. The predicted octanol–water partition coefficient (Wildman–Crippen LogP) is 2.57. The minimum Gasteiger partial charge on any atom is -0.388 e. The third-order valence-electron chi connectivity index (χ3n) is 4.39. The van der Waals surface area contributed by atoms with Crippen LogP contribution >= 0.6 is 0 Å². The van der Waals surface area contributed by atoms with Crippen LogP contribution in [0.25, 0.3) is 0 Å². The van der Waals surface area contributed by atoms with Crippen molar-refractivity contribution >= 4 is 11.8 Å². The Morgan fingerprint density at radius 1 is 1.40 bits per heavy atom. The topological polar surface area (TPSA) is 70.1 Å². The summed E-state index contributed by atoms with van der Waals surface area (Å²) in [5.74, 6) is 2.18. The zero-order chi connectivity index (χ0) is 14.6. The first kappa shape index (κ1) is 15.0. The van der Waals surface area contributed by atoms with Crippen molar-refractivity contribution in [3.63, 3.8) is 0 Å². The molecule has 1 heterocycles. The maximum atomic E-state index is 10.6. The zero-order valence-corrected chi connectivity index (χ0v) is 12.7. The number of aryl methyl sites for hydroxylation is 1. The van der Waals surface area contributed by atoms with E-state index in [0.717, 1.165) is 43.0 Å². The molecule has 5 nitrogen and oxygen atoms in total. The molecule has 1 saturated carbocycles. The van der Waals surface area contributed by atoms with Crippen LogP contribution in [0.15, 0.2) is 6.20 Å². The lowest BCUT2D eigenvalue weighted by atomic mass is 9.78. The first-order valence-corrected chi connectivity index (χ1v) is 7.54. The van der Waals surface area contributed by atoms with Crippen molar-refractivity contribution in [1.82, 2.24) is 9.97 Å². The molecule has 1 aromatic rings. The quantitative estimate of drug-likeness (QED) is 0.772. The number of anilines is 2. The second-order valence-corrected chi connectivity index (χ2v) is 5.90. The van der Waals surface area contributed by atoms with Crippen LogP contribution in [0, 0.1) is 12.8 Å². The Kier molecular flexibility index (Phi) is 4.81. The van der Waals surface area contributed by atoms with Crippen molar-refractivity contribution in [3.8, 4) is 0 Å². The lowest BCUT2D eigenvalue weighted by Crippen LogP contribution is -2.40. The summed E-state index contributed by atoms with van der Waals surface area (Å²) in [5, 5.41) is 16.9. The molecule has 1 aliphatic rings. The van der Waals surface area contributed by atoms with Gasteiger partial charge in [0, 0.05) is 25.4 Å². The summed E-state index contributed by atoms with van der Waals surface area (Å²) in [6, 6.07) is 0. The van der Waals surface area contributed by atoms with Gasteiger partial charge in [-0.25, -0.2) is 4.98 Å². The summed E-state index contributed by atoms with van der Waals surface area (Å²) < 4.78 is 0. The Labute approximate surface area is 121 Å². The van der Waals surface area contributed by atoms with Gasteiger partial charge >= 0.3 is 0 Å². The molecule has 3 N–H and O–H groups in total. The SMILES string of the molecule is CCC1CCC(O)(CNc2nc(NC)ncc2C)CC1. The van der Waals surface area contributed by atoms with Gasteiger partial charge in [0.1, 0.15) is 5.82 Å². The molecule has 1 aliphatic carbocycles. The molecule has 0 spiro atoms. The highest BCUT2D eigenvalue weighted by molar-refractivity contribution is 5.46.